The summed E-state index contributed by atoms with van der Waals surface area (Å²) in [6, 6.07) is 8.69. The van der Waals surface area contributed by atoms with Crippen molar-refractivity contribution in [3.63, 3.8) is 0 Å². The fraction of sp³-hybridized carbons (Fsp3) is 0.733. The zero-order valence-electron chi connectivity index (χ0n) is 22.7. The van der Waals surface area contributed by atoms with Crippen molar-refractivity contribution < 1.29 is 19.5 Å². The fourth-order valence-corrected chi connectivity index (χ4v) is 9.18. The molecule has 0 saturated heterocycles. The first kappa shape index (κ1) is 28.2. The highest BCUT2D eigenvalue weighted by molar-refractivity contribution is 5.85. The molecule has 7 heteroatoms. The number of nitrogens with one attached hydrogen (secondary N) is 1. The lowest BCUT2D eigenvalue weighted by Crippen LogP contribution is -2.54. The fourth-order valence-electron chi connectivity index (χ4n) is 9.18. The molecule has 8 atom stereocenters. The lowest BCUT2D eigenvalue weighted by molar-refractivity contribution is -0.173. The first-order valence-corrected chi connectivity index (χ1v) is 14.2. The van der Waals surface area contributed by atoms with Crippen LogP contribution in [0.5, 0.6) is 0 Å². The van der Waals surface area contributed by atoms with Crippen molar-refractivity contribution in [1.29, 1.82) is 0 Å². The molecule has 1 aromatic carbocycles. The molecule has 0 heterocycles. The van der Waals surface area contributed by atoms with Crippen LogP contribution in [-0.2, 0) is 9.63 Å². The summed E-state index contributed by atoms with van der Waals surface area (Å²) in [6.07, 6.45) is 11.8. The van der Waals surface area contributed by atoms with Gasteiger partial charge < -0.3 is 15.3 Å². The summed E-state index contributed by atoms with van der Waals surface area (Å²) in [7, 11) is 1.55. The van der Waals surface area contributed by atoms with Gasteiger partial charge in [0.1, 0.15) is 0 Å². The second-order valence-electron chi connectivity index (χ2n) is 12.6. The van der Waals surface area contributed by atoms with Gasteiger partial charge in [0.15, 0.2) is 0 Å². The van der Waals surface area contributed by atoms with Crippen molar-refractivity contribution in [2.24, 2.45) is 40.4 Å². The van der Waals surface area contributed by atoms with Crippen molar-refractivity contribution in [2.75, 3.05) is 13.7 Å². The number of rotatable bonds is 4. The Balaban J connectivity index is 0.00000320. The van der Waals surface area contributed by atoms with Crippen LogP contribution in [0.1, 0.15) is 89.7 Å². The number of hydrogen-bond donors (Lipinski definition) is 2. The van der Waals surface area contributed by atoms with Crippen LogP contribution >= 0.6 is 12.4 Å². The predicted molar refractivity (Wildman–Crippen MR) is 146 cm³/mol. The molecule has 0 aliphatic heterocycles. The van der Waals surface area contributed by atoms with Gasteiger partial charge in [-0.15, -0.1) is 12.4 Å². The first-order chi connectivity index (χ1) is 17.3. The van der Waals surface area contributed by atoms with Gasteiger partial charge in [0, 0.05) is 13.0 Å². The van der Waals surface area contributed by atoms with E-state index in [-0.39, 0.29) is 36.3 Å². The van der Waals surface area contributed by atoms with Crippen LogP contribution in [0.25, 0.3) is 0 Å². The molecule has 4 aliphatic rings. The van der Waals surface area contributed by atoms with Crippen LogP contribution in [-0.4, -0.2) is 35.8 Å². The largest absolute Gasteiger partial charge is 0.432 e. The number of hydrogen-bond acceptors (Lipinski definition) is 4. The number of fused-ring (bicyclic) bond motifs is 5. The molecule has 0 radical (unpaired) electrons. The van der Waals surface area contributed by atoms with E-state index in [1.165, 1.54) is 44.9 Å². The minimum atomic E-state index is -0.722. The number of halogens is 1. The van der Waals surface area contributed by atoms with Crippen LogP contribution in [0.4, 0.5) is 4.79 Å². The first-order valence-electron chi connectivity index (χ1n) is 14.2. The molecule has 4 saturated carbocycles. The van der Waals surface area contributed by atoms with Crippen LogP contribution in [0.3, 0.4) is 0 Å². The van der Waals surface area contributed by atoms with E-state index in [1.54, 1.807) is 7.05 Å². The zero-order valence-corrected chi connectivity index (χ0v) is 23.5. The second-order valence-corrected chi connectivity index (χ2v) is 12.6. The van der Waals surface area contributed by atoms with E-state index in [9.17, 15) is 14.7 Å². The Labute approximate surface area is 228 Å². The van der Waals surface area contributed by atoms with E-state index in [0.29, 0.717) is 11.3 Å². The topological polar surface area (TPSA) is 78.9 Å². The predicted octanol–water partition coefficient (Wildman–Crippen LogP) is 6.29. The Morgan fingerprint density at radius 1 is 1.00 bits per heavy atom. The summed E-state index contributed by atoms with van der Waals surface area (Å²) >= 11 is 0. The molecule has 4 fully saturated rings. The van der Waals surface area contributed by atoms with Crippen molar-refractivity contribution in [3.8, 4) is 0 Å². The molecule has 4 aliphatic carbocycles. The maximum atomic E-state index is 13.6. The van der Waals surface area contributed by atoms with Crippen molar-refractivity contribution >= 4 is 24.4 Å². The lowest BCUT2D eigenvalue weighted by atomic mass is 9.45. The summed E-state index contributed by atoms with van der Waals surface area (Å²) in [5, 5.41) is 13.6. The Hall–Kier alpha value is -1.79. The van der Waals surface area contributed by atoms with Gasteiger partial charge in [-0.2, -0.15) is 5.06 Å². The molecule has 0 spiro atoms. The van der Waals surface area contributed by atoms with Crippen molar-refractivity contribution in [3.05, 3.63) is 35.9 Å². The molecule has 0 aromatic heterocycles. The number of amides is 2. The van der Waals surface area contributed by atoms with E-state index in [1.807, 2.05) is 30.3 Å². The molecule has 37 heavy (non-hydrogen) atoms. The van der Waals surface area contributed by atoms with Gasteiger partial charge >= 0.3 is 6.09 Å². The van der Waals surface area contributed by atoms with Gasteiger partial charge in [0.2, 0.25) is 0 Å². The zero-order chi connectivity index (χ0) is 25.5. The Bertz CT molecular complexity index is 960. The summed E-state index contributed by atoms with van der Waals surface area (Å²) in [5.41, 5.74) is 1.25. The minimum Gasteiger partial charge on any atom is -0.394 e. The molecule has 206 valence electrons. The number of carbonyl (C=O) groups is 2. The lowest BCUT2D eigenvalue weighted by Gasteiger charge is -2.60. The summed E-state index contributed by atoms with van der Waals surface area (Å²) in [6.45, 7) is 4.68. The van der Waals surface area contributed by atoms with E-state index in [2.05, 4.69) is 19.2 Å². The third-order valence-electron chi connectivity index (χ3n) is 11.1. The van der Waals surface area contributed by atoms with Gasteiger partial charge in [-0.1, -0.05) is 57.0 Å². The Kier molecular flexibility index (Phi) is 8.49. The average Bonchev–Trinajstić information content (AvgIpc) is 3.24. The van der Waals surface area contributed by atoms with Crippen molar-refractivity contribution in [2.45, 2.75) is 84.1 Å². The maximum absolute atomic E-state index is 13.6. The number of carbonyl (C=O) groups excluding carboxylic acids is 2. The molecule has 3 unspecified atom stereocenters. The van der Waals surface area contributed by atoms with Crippen LogP contribution < -0.4 is 5.32 Å². The molecule has 2 amide bonds. The third-order valence-corrected chi connectivity index (χ3v) is 11.1. The van der Waals surface area contributed by atoms with E-state index in [0.717, 1.165) is 47.6 Å². The highest BCUT2D eigenvalue weighted by Crippen LogP contribution is 2.67. The van der Waals surface area contributed by atoms with Gasteiger partial charge in [-0.05, 0) is 91.4 Å². The van der Waals surface area contributed by atoms with Gasteiger partial charge in [0.05, 0.1) is 12.6 Å². The average molecular weight is 533 g/mol. The monoisotopic (exact) mass is 532 g/mol. The Morgan fingerprint density at radius 2 is 1.73 bits per heavy atom. The van der Waals surface area contributed by atoms with E-state index in [4.69, 9.17) is 4.84 Å². The minimum absolute atomic E-state index is 0. The van der Waals surface area contributed by atoms with Crippen molar-refractivity contribution in [1.82, 2.24) is 10.4 Å². The summed E-state index contributed by atoms with van der Waals surface area (Å²) in [4.78, 5) is 31.6. The summed E-state index contributed by atoms with van der Waals surface area (Å²) in [5.74, 6) is 2.81. The molecule has 2 N–H and O–H groups in total. The van der Waals surface area contributed by atoms with E-state index >= 15 is 0 Å². The number of benzene rings is 1. The quantitative estimate of drug-likeness (QED) is 0.446. The maximum Gasteiger partial charge on any atom is 0.432 e. The van der Waals surface area contributed by atoms with Gasteiger partial charge in [-0.25, -0.2) is 4.79 Å². The molecular weight excluding hydrogens is 488 g/mol. The van der Waals surface area contributed by atoms with Gasteiger partial charge in [0.25, 0.3) is 5.91 Å². The second kappa shape index (κ2) is 11.1. The number of aliphatic hydroxyl groups excluding tert-OH is 1. The van der Waals surface area contributed by atoms with E-state index < -0.39 is 12.1 Å². The molecule has 1 aromatic rings. The number of aliphatic hydroxyl groups is 1. The standard InChI is InChI=1S/C30H44N2O4.ClH/c1-29-17-8-7-11-21(29)12-13-22-23-14-15-25(30(23,2)18-16-24(22)29)27(34)32(3)36-28(35)31-26(19-33)20-9-5-4-6-10-20;/h4-6,9-10,21-26,33H,7-8,11-19H2,1-3H3,(H,31,35);1H/t21?,22-,23-,24-,25?,26?,29-,30-;/m0./s1. The van der Waals surface area contributed by atoms with Gasteiger partial charge in [-0.3, -0.25) is 4.79 Å². The molecule has 6 nitrogen and oxygen atoms in total. The number of hydroxylamine groups is 2. The van der Waals surface area contributed by atoms with Crippen LogP contribution in [0, 0.1) is 40.4 Å². The molecular formula is C30H45ClN2O4. The SMILES string of the molecule is CN(OC(=O)NC(CO)c1ccccc1)C(=O)C1CC[C@H]2[C@@H]3CCC4CCCC[C@]4(C)[C@H]3CC[C@]12C.Cl. The normalized spacial score (nSPS) is 37.1. The Morgan fingerprint density at radius 3 is 2.46 bits per heavy atom. The highest BCUT2D eigenvalue weighted by atomic mass is 35.5. The molecule has 0 bridgehead atoms. The summed E-state index contributed by atoms with van der Waals surface area (Å²) < 4.78 is 0. The van der Waals surface area contributed by atoms with Crippen LogP contribution in [0.15, 0.2) is 30.3 Å². The smallest absolute Gasteiger partial charge is 0.394 e. The third kappa shape index (κ3) is 5.01. The number of nitrogens with zero attached hydrogens (tertiary/aromatic N) is 1. The highest BCUT2D eigenvalue weighted by Gasteiger charge is 2.61. The van der Waals surface area contributed by atoms with Crippen LogP contribution in [0.2, 0.25) is 0 Å². The molecule has 5 rings (SSSR count).